The predicted octanol–water partition coefficient (Wildman–Crippen LogP) is 1.87. The minimum Gasteiger partial charge on any atom is -0.497 e. The normalized spacial score (nSPS) is 16.9. The topological polar surface area (TPSA) is 64.3 Å². The van der Waals surface area contributed by atoms with Gasteiger partial charge in [-0.1, -0.05) is 25.0 Å². The number of nitrogens with one attached hydrogen (secondary N) is 1. The number of hydrogen-bond acceptors (Lipinski definition) is 3. The van der Waals surface area contributed by atoms with Gasteiger partial charge in [-0.25, -0.2) is 0 Å². The van der Waals surface area contributed by atoms with E-state index in [1.807, 2.05) is 24.3 Å². The molecule has 0 bridgehead atoms. The summed E-state index contributed by atoms with van der Waals surface area (Å²) in [6.45, 7) is 1.10. The van der Waals surface area contributed by atoms with Crippen molar-refractivity contribution < 1.29 is 9.53 Å². The van der Waals surface area contributed by atoms with E-state index in [0.717, 1.165) is 43.4 Å². The zero-order chi connectivity index (χ0) is 14.4. The number of rotatable bonds is 6. The molecule has 0 aromatic heterocycles. The van der Waals surface area contributed by atoms with Gasteiger partial charge in [-0.3, -0.25) is 4.79 Å². The van der Waals surface area contributed by atoms with E-state index in [2.05, 4.69) is 5.32 Å². The smallest absolute Gasteiger partial charge is 0.227 e. The molecule has 0 saturated heterocycles. The lowest BCUT2D eigenvalue weighted by molar-refractivity contribution is -0.130. The lowest BCUT2D eigenvalue weighted by Gasteiger charge is -2.25. The molecule has 1 aliphatic rings. The molecule has 0 unspecified atom stereocenters. The molecular formula is C16H24N2O2. The SMILES string of the molecule is COc1cccc(CCNC(=O)C2(CN)CCCC2)c1. The van der Waals surface area contributed by atoms with Crippen LogP contribution in [0.3, 0.4) is 0 Å². The summed E-state index contributed by atoms with van der Waals surface area (Å²) in [7, 11) is 1.66. The van der Waals surface area contributed by atoms with Gasteiger partial charge in [-0.15, -0.1) is 0 Å². The molecule has 110 valence electrons. The lowest BCUT2D eigenvalue weighted by atomic mass is 9.85. The van der Waals surface area contributed by atoms with Gasteiger partial charge in [0, 0.05) is 13.1 Å². The van der Waals surface area contributed by atoms with Crippen LogP contribution < -0.4 is 15.8 Å². The zero-order valence-electron chi connectivity index (χ0n) is 12.2. The van der Waals surface area contributed by atoms with Crippen LogP contribution in [0.5, 0.6) is 5.75 Å². The van der Waals surface area contributed by atoms with E-state index >= 15 is 0 Å². The lowest BCUT2D eigenvalue weighted by Crippen LogP contribution is -2.44. The van der Waals surface area contributed by atoms with Gasteiger partial charge in [0.25, 0.3) is 0 Å². The first-order valence-electron chi connectivity index (χ1n) is 7.31. The van der Waals surface area contributed by atoms with E-state index in [9.17, 15) is 4.79 Å². The predicted molar refractivity (Wildman–Crippen MR) is 79.7 cm³/mol. The molecule has 20 heavy (non-hydrogen) atoms. The monoisotopic (exact) mass is 276 g/mol. The van der Waals surface area contributed by atoms with Crippen LogP contribution in [0.2, 0.25) is 0 Å². The van der Waals surface area contributed by atoms with Gasteiger partial charge in [0.2, 0.25) is 5.91 Å². The first kappa shape index (κ1) is 14.9. The summed E-state index contributed by atoms with van der Waals surface area (Å²) >= 11 is 0. The Hall–Kier alpha value is -1.55. The first-order valence-corrected chi connectivity index (χ1v) is 7.31. The maximum atomic E-state index is 12.3. The molecule has 1 aromatic carbocycles. The number of ether oxygens (including phenoxy) is 1. The van der Waals surface area contributed by atoms with Crippen LogP contribution in [-0.2, 0) is 11.2 Å². The quantitative estimate of drug-likeness (QED) is 0.833. The largest absolute Gasteiger partial charge is 0.497 e. The second-order valence-electron chi connectivity index (χ2n) is 5.55. The van der Waals surface area contributed by atoms with Gasteiger partial charge in [-0.2, -0.15) is 0 Å². The van der Waals surface area contributed by atoms with Gasteiger partial charge >= 0.3 is 0 Å². The Balaban J connectivity index is 1.84. The molecule has 0 radical (unpaired) electrons. The molecule has 0 atom stereocenters. The van der Waals surface area contributed by atoms with Crippen molar-refractivity contribution in [3.05, 3.63) is 29.8 Å². The van der Waals surface area contributed by atoms with E-state index in [4.69, 9.17) is 10.5 Å². The van der Waals surface area contributed by atoms with Crippen molar-refractivity contribution in [1.82, 2.24) is 5.32 Å². The number of carbonyl (C=O) groups excluding carboxylic acids is 1. The van der Waals surface area contributed by atoms with Crippen LogP contribution in [0.25, 0.3) is 0 Å². The average molecular weight is 276 g/mol. The summed E-state index contributed by atoms with van der Waals surface area (Å²) in [6, 6.07) is 7.93. The van der Waals surface area contributed by atoms with Crippen LogP contribution in [0.15, 0.2) is 24.3 Å². The van der Waals surface area contributed by atoms with Gasteiger partial charge in [-0.05, 0) is 37.0 Å². The highest BCUT2D eigenvalue weighted by Crippen LogP contribution is 2.37. The fourth-order valence-corrected chi connectivity index (χ4v) is 2.91. The summed E-state index contributed by atoms with van der Waals surface area (Å²) in [6.07, 6.45) is 4.88. The third kappa shape index (κ3) is 3.31. The molecular weight excluding hydrogens is 252 g/mol. The third-order valence-electron chi connectivity index (χ3n) is 4.27. The number of benzene rings is 1. The summed E-state index contributed by atoms with van der Waals surface area (Å²) in [5.41, 5.74) is 6.67. The molecule has 1 aliphatic carbocycles. The number of carbonyl (C=O) groups is 1. The van der Waals surface area contributed by atoms with E-state index in [0.29, 0.717) is 13.1 Å². The highest BCUT2D eigenvalue weighted by molar-refractivity contribution is 5.83. The maximum Gasteiger partial charge on any atom is 0.227 e. The number of nitrogens with two attached hydrogens (primary N) is 1. The molecule has 1 fully saturated rings. The van der Waals surface area contributed by atoms with E-state index in [1.54, 1.807) is 7.11 Å². The summed E-state index contributed by atoms with van der Waals surface area (Å²) in [5.74, 6) is 0.975. The maximum absolute atomic E-state index is 12.3. The third-order valence-corrected chi connectivity index (χ3v) is 4.27. The first-order chi connectivity index (χ1) is 9.70. The summed E-state index contributed by atoms with van der Waals surface area (Å²) < 4.78 is 5.19. The number of hydrogen-bond donors (Lipinski definition) is 2. The highest BCUT2D eigenvalue weighted by Gasteiger charge is 2.39. The highest BCUT2D eigenvalue weighted by atomic mass is 16.5. The number of amides is 1. The van der Waals surface area contributed by atoms with Crippen LogP contribution in [0, 0.1) is 5.41 Å². The Morgan fingerprint density at radius 1 is 1.40 bits per heavy atom. The number of methoxy groups -OCH3 is 1. The zero-order valence-corrected chi connectivity index (χ0v) is 12.2. The standard InChI is InChI=1S/C16H24N2O2/c1-20-14-6-4-5-13(11-14)7-10-18-15(19)16(12-17)8-2-3-9-16/h4-6,11H,2-3,7-10,12,17H2,1H3,(H,18,19). The fraction of sp³-hybridized carbons (Fsp3) is 0.562. The van der Waals surface area contributed by atoms with Crippen LogP contribution >= 0.6 is 0 Å². The molecule has 2 rings (SSSR count). The molecule has 0 heterocycles. The van der Waals surface area contributed by atoms with Crippen LogP contribution in [0.4, 0.5) is 0 Å². The molecule has 0 aliphatic heterocycles. The van der Waals surface area contributed by atoms with E-state index in [-0.39, 0.29) is 11.3 Å². The summed E-state index contributed by atoms with van der Waals surface area (Å²) in [5, 5.41) is 3.04. The molecule has 3 N–H and O–H groups in total. The second kappa shape index (κ2) is 6.75. The Kier molecular flexibility index (Phi) is 5.01. The minimum atomic E-state index is -0.311. The van der Waals surface area contributed by atoms with Crippen LogP contribution in [0.1, 0.15) is 31.2 Å². The minimum absolute atomic E-state index is 0.125. The fourth-order valence-electron chi connectivity index (χ4n) is 2.91. The van der Waals surface area contributed by atoms with Crippen molar-refractivity contribution in [1.29, 1.82) is 0 Å². The Labute approximate surface area is 120 Å². The van der Waals surface area contributed by atoms with Gasteiger partial charge in [0.1, 0.15) is 5.75 Å². The van der Waals surface area contributed by atoms with Crippen molar-refractivity contribution in [2.45, 2.75) is 32.1 Å². The summed E-state index contributed by atoms with van der Waals surface area (Å²) in [4.78, 5) is 12.3. The molecule has 1 aromatic rings. The van der Waals surface area contributed by atoms with Crippen molar-refractivity contribution >= 4 is 5.91 Å². The Morgan fingerprint density at radius 2 is 2.15 bits per heavy atom. The van der Waals surface area contributed by atoms with Gasteiger partial charge in [0.15, 0.2) is 0 Å². The molecule has 1 amide bonds. The van der Waals surface area contributed by atoms with Gasteiger partial charge in [0.05, 0.1) is 12.5 Å². The van der Waals surface area contributed by atoms with Crippen molar-refractivity contribution in [2.75, 3.05) is 20.2 Å². The Bertz CT molecular complexity index is 454. The second-order valence-corrected chi connectivity index (χ2v) is 5.55. The van der Waals surface area contributed by atoms with Crippen molar-refractivity contribution in [3.63, 3.8) is 0 Å². The van der Waals surface area contributed by atoms with Gasteiger partial charge < -0.3 is 15.8 Å². The van der Waals surface area contributed by atoms with Crippen LogP contribution in [-0.4, -0.2) is 26.1 Å². The van der Waals surface area contributed by atoms with E-state index < -0.39 is 0 Å². The van der Waals surface area contributed by atoms with E-state index in [1.165, 1.54) is 0 Å². The van der Waals surface area contributed by atoms with Crippen molar-refractivity contribution in [3.8, 4) is 5.75 Å². The Morgan fingerprint density at radius 3 is 2.80 bits per heavy atom. The molecule has 0 spiro atoms. The molecule has 1 saturated carbocycles. The van der Waals surface area contributed by atoms with Crippen molar-refractivity contribution in [2.24, 2.45) is 11.1 Å². The molecule has 4 nitrogen and oxygen atoms in total. The average Bonchev–Trinajstić information content (AvgIpc) is 2.97. The molecule has 4 heteroatoms.